The summed E-state index contributed by atoms with van der Waals surface area (Å²) in [5.41, 5.74) is 0.656. The number of thiol groups is 1. The molecule has 104 valence electrons. The molecule has 1 aliphatic rings. The van der Waals surface area contributed by atoms with Gasteiger partial charge in [0, 0.05) is 42.1 Å². The Morgan fingerprint density at radius 1 is 1.32 bits per heavy atom. The average Bonchev–Trinajstić information content (AvgIpc) is 2.42. The average molecular weight is 345 g/mol. The second-order valence-electron chi connectivity index (χ2n) is 4.52. The molecule has 1 N–H and O–H groups in total. The van der Waals surface area contributed by atoms with Gasteiger partial charge in [-0.15, -0.1) is 12.6 Å². The van der Waals surface area contributed by atoms with Crippen molar-refractivity contribution in [1.82, 2.24) is 9.80 Å². The highest BCUT2D eigenvalue weighted by atomic mass is 79.9. The van der Waals surface area contributed by atoms with E-state index in [-0.39, 0.29) is 12.5 Å². The Balaban J connectivity index is 2.03. The molecule has 4 nitrogen and oxygen atoms in total. The number of hydrogen-bond donors (Lipinski definition) is 2. The highest BCUT2D eigenvalue weighted by Crippen LogP contribution is 2.22. The number of benzene rings is 1. The van der Waals surface area contributed by atoms with Gasteiger partial charge >= 0.3 is 0 Å². The number of halogens is 1. The van der Waals surface area contributed by atoms with Gasteiger partial charge in [-0.3, -0.25) is 9.69 Å². The van der Waals surface area contributed by atoms with E-state index in [9.17, 15) is 4.79 Å². The number of β-amino-alcohol motifs (C(OH)–C–C–N with tert-alkyl or cyclic N) is 1. The van der Waals surface area contributed by atoms with Gasteiger partial charge in [0.15, 0.2) is 0 Å². The summed E-state index contributed by atoms with van der Waals surface area (Å²) >= 11 is 7.68. The van der Waals surface area contributed by atoms with Crippen molar-refractivity contribution >= 4 is 34.5 Å². The number of aliphatic hydroxyl groups excluding tert-OH is 1. The van der Waals surface area contributed by atoms with Gasteiger partial charge in [0.1, 0.15) is 0 Å². The Bertz CT molecular complexity index is 462. The van der Waals surface area contributed by atoms with E-state index >= 15 is 0 Å². The third-order valence-corrected chi connectivity index (χ3v) is 4.23. The molecule has 0 aromatic heterocycles. The molecular formula is C13H17BrN2O2S. The summed E-state index contributed by atoms with van der Waals surface area (Å²) in [6, 6.07) is 5.48. The second-order valence-corrected chi connectivity index (χ2v) is 5.89. The maximum atomic E-state index is 12.4. The minimum absolute atomic E-state index is 0.0337. The van der Waals surface area contributed by atoms with Crippen LogP contribution in [0.5, 0.6) is 0 Å². The van der Waals surface area contributed by atoms with Gasteiger partial charge < -0.3 is 10.0 Å². The molecule has 0 spiro atoms. The molecule has 1 amide bonds. The molecule has 0 bridgehead atoms. The number of piperazine rings is 1. The first-order valence-electron chi connectivity index (χ1n) is 6.23. The van der Waals surface area contributed by atoms with Crippen molar-refractivity contribution in [1.29, 1.82) is 0 Å². The highest BCUT2D eigenvalue weighted by molar-refractivity contribution is 9.10. The summed E-state index contributed by atoms with van der Waals surface area (Å²) in [5.74, 6) is 0.0337. The molecule has 1 aromatic rings. The van der Waals surface area contributed by atoms with Crippen LogP contribution in [0.25, 0.3) is 0 Å². The van der Waals surface area contributed by atoms with Gasteiger partial charge in [0.05, 0.1) is 12.2 Å². The lowest BCUT2D eigenvalue weighted by atomic mass is 10.2. The fourth-order valence-corrected chi connectivity index (χ4v) is 2.78. The van der Waals surface area contributed by atoms with E-state index in [1.807, 2.05) is 17.0 Å². The van der Waals surface area contributed by atoms with E-state index in [0.29, 0.717) is 25.2 Å². The fraction of sp³-hybridized carbons (Fsp3) is 0.462. The molecule has 2 rings (SSSR count). The number of carbonyl (C=O) groups is 1. The fourth-order valence-electron chi connectivity index (χ4n) is 2.16. The van der Waals surface area contributed by atoms with Crippen molar-refractivity contribution in [2.45, 2.75) is 4.90 Å². The van der Waals surface area contributed by atoms with Crippen molar-refractivity contribution < 1.29 is 9.90 Å². The van der Waals surface area contributed by atoms with Gasteiger partial charge in [0.25, 0.3) is 5.91 Å². The van der Waals surface area contributed by atoms with Gasteiger partial charge in [-0.05, 0) is 34.1 Å². The predicted molar refractivity (Wildman–Crippen MR) is 80.8 cm³/mol. The molecule has 0 atom stereocenters. The van der Waals surface area contributed by atoms with E-state index in [1.165, 1.54) is 0 Å². The van der Waals surface area contributed by atoms with Crippen LogP contribution in [0, 0.1) is 0 Å². The lowest BCUT2D eigenvalue weighted by molar-refractivity contribution is 0.0614. The molecular weight excluding hydrogens is 328 g/mol. The largest absolute Gasteiger partial charge is 0.395 e. The van der Waals surface area contributed by atoms with Crippen molar-refractivity contribution in [2.75, 3.05) is 39.3 Å². The van der Waals surface area contributed by atoms with E-state index in [2.05, 4.69) is 33.5 Å². The molecule has 1 fully saturated rings. The summed E-state index contributed by atoms with van der Waals surface area (Å²) in [4.78, 5) is 17.2. The zero-order valence-corrected chi connectivity index (χ0v) is 13.0. The van der Waals surface area contributed by atoms with Crippen LogP contribution in [-0.2, 0) is 0 Å². The maximum absolute atomic E-state index is 12.4. The maximum Gasteiger partial charge on any atom is 0.255 e. The van der Waals surface area contributed by atoms with E-state index in [0.717, 1.165) is 22.5 Å². The van der Waals surface area contributed by atoms with E-state index in [4.69, 9.17) is 5.11 Å². The third kappa shape index (κ3) is 3.72. The first kappa shape index (κ1) is 14.8. The van der Waals surface area contributed by atoms with Gasteiger partial charge in [-0.1, -0.05) is 0 Å². The first-order valence-corrected chi connectivity index (χ1v) is 7.47. The minimum Gasteiger partial charge on any atom is -0.395 e. The predicted octanol–water partition coefficient (Wildman–Crippen LogP) is 1.49. The topological polar surface area (TPSA) is 43.8 Å². The van der Waals surface area contributed by atoms with E-state index in [1.54, 1.807) is 6.07 Å². The number of amides is 1. The minimum atomic E-state index is 0.0337. The molecule has 6 heteroatoms. The lowest BCUT2D eigenvalue weighted by Gasteiger charge is -2.34. The molecule has 0 radical (unpaired) electrons. The third-order valence-electron chi connectivity index (χ3n) is 3.26. The van der Waals surface area contributed by atoms with Crippen LogP contribution in [0.2, 0.25) is 0 Å². The van der Waals surface area contributed by atoms with E-state index < -0.39 is 0 Å². The van der Waals surface area contributed by atoms with Crippen molar-refractivity contribution in [3.8, 4) is 0 Å². The monoisotopic (exact) mass is 344 g/mol. The molecule has 0 unspecified atom stereocenters. The smallest absolute Gasteiger partial charge is 0.255 e. The number of hydrogen-bond acceptors (Lipinski definition) is 4. The quantitative estimate of drug-likeness (QED) is 0.816. The number of carbonyl (C=O) groups excluding carboxylic acids is 1. The summed E-state index contributed by atoms with van der Waals surface area (Å²) < 4.78 is 0.799. The number of nitrogens with zero attached hydrogens (tertiary/aromatic N) is 2. The van der Waals surface area contributed by atoms with Crippen molar-refractivity contribution in [3.05, 3.63) is 28.2 Å². The van der Waals surface area contributed by atoms with Crippen LogP contribution in [0.15, 0.2) is 27.6 Å². The number of aliphatic hydroxyl groups is 1. The van der Waals surface area contributed by atoms with Crippen LogP contribution in [0.1, 0.15) is 10.4 Å². The standard InChI is InChI=1S/C13H17BrN2O2S/c14-12-2-1-10(19)9-11(12)13(18)16-5-3-15(4-6-16)7-8-17/h1-2,9,17,19H,3-8H2. The Hall–Kier alpha value is -0.560. The Labute approximate surface area is 126 Å². The molecule has 19 heavy (non-hydrogen) atoms. The molecule has 1 aromatic carbocycles. The summed E-state index contributed by atoms with van der Waals surface area (Å²) in [7, 11) is 0. The van der Waals surface area contributed by atoms with Crippen LogP contribution in [-0.4, -0.2) is 60.1 Å². The normalized spacial score (nSPS) is 16.7. The highest BCUT2D eigenvalue weighted by Gasteiger charge is 2.23. The van der Waals surface area contributed by atoms with Crippen LogP contribution in [0.4, 0.5) is 0 Å². The van der Waals surface area contributed by atoms with Crippen molar-refractivity contribution in [2.24, 2.45) is 0 Å². The number of rotatable bonds is 3. The molecule has 0 aliphatic carbocycles. The van der Waals surface area contributed by atoms with Crippen LogP contribution in [0.3, 0.4) is 0 Å². The first-order chi connectivity index (χ1) is 9.11. The van der Waals surface area contributed by atoms with Gasteiger partial charge in [0.2, 0.25) is 0 Å². The molecule has 1 aliphatic heterocycles. The zero-order chi connectivity index (χ0) is 13.8. The Morgan fingerprint density at radius 2 is 2.00 bits per heavy atom. The van der Waals surface area contributed by atoms with Crippen LogP contribution < -0.4 is 0 Å². The molecule has 0 saturated carbocycles. The Morgan fingerprint density at radius 3 is 2.63 bits per heavy atom. The molecule has 1 saturated heterocycles. The second kappa shape index (κ2) is 6.74. The Kier molecular flexibility index (Phi) is 5.27. The zero-order valence-electron chi connectivity index (χ0n) is 10.5. The van der Waals surface area contributed by atoms with Gasteiger partial charge in [-0.25, -0.2) is 0 Å². The SMILES string of the molecule is O=C(c1cc(S)ccc1Br)N1CCN(CCO)CC1. The van der Waals surface area contributed by atoms with Gasteiger partial charge in [-0.2, -0.15) is 0 Å². The lowest BCUT2D eigenvalue weighted by Crippen LogP contribution is -2.49. The summed E-state index contributed by atoms with van der Waals surface area (Å²) in [5, 5.41) is 8.90. The van der Waals surface area contributed by atoms with Crippen LogP contribution >= 0.6 is 28.6 Å². The van der Waals surface area contributed by atoms with Crippen molar-refractivity contribution in [3.63, 3.8) is 0 Å². The molecule has 1 heterocycles. The summed E-state index contributed by atoms with van der Waals surface area (Å²) in [6.07, 6.45) is 0. The summed E-state index contributed by atoms with van der Waals surface area (Å²) in [6.45, 7) is 3.86.